The van der Waals surface area contributed by atoms with Crippen LogP contribution in [0.1, 0.15) is 22.3 Å². The standard InChI is InChI=1S/C18H22N2O3S/c1-13-9-14(2)18(15(3)10-13)24(22,23)20(12-17(19)21)11-16-7-5-4-6-8-16/h4-10H,11-12H2,1-3H3,(H2,19,21). The van der Waals surface area contributed by atoms with Crippen LogP contribution in [-0.2, 0) is 21.4 Å². The molecule has 2 rings (SSSR count). The van der Waals surface area contributed by atoms with Crippen LogP contribution in [0.4, 0.5) is 0 Å². The lowest BCUT2D eigenvalue weighted by molar-refractivity contribution is -0.118. The summed E-state index contributed by atoms with van der Waals surface area (Å²) in [6.07, 6.45) is 0. The summed E-state index contributed by atoms with van der Waals surface area (Å²) in [6.45, 7) is 5.18. The van der Waals surface area contributed by atoms with E-state index in [-0.39, 0.29) is 18.0 Å². The molecular formula is C18H22N2O3S. The van der Waals surface area contributed by atoms with Crippen LogP contribution in [0.2, 0.25) is 0 Å². The zero-order chi connectivity index (χ0) is 17.9. The van der Waals surface area contributed by atoms with E-state index in [4.69, 9.17) is 5.73 Å². The number of sulfonamides is 1. The van der Waals surface area contributed by atoms with E-state index in [0.29, 0.717) is 11.1 Å². The van der Waals surface area contributed by atoms with Crippen molar-refractivity contribution in [1.82, 2.24) is 4.31 Å². The number of aryl methyl sites for hydroxylation is 3. The Hall–Kier alpha value is -2.18. The molecule has 6 heteroatoms. The highest BCUT2D eigenvalue weighted by Crippen LogP contribution is 2.26. The molecule has 2 N–H and O–H groups in total. The Morgan fingerprint density at radius 2 is 1.58 bits per heavy atom. The van der Waals surface area contributed by atoms with Gasteiger partial charge in [-0.1, -0.05) is 48.0 Å². The molecule has 0 heterocycles. The average Bonchev–Trinajstić information content (AvgIpc) is 2.45. The fraction of sp³-hybridized carbons (Fsp3) is 0.278. The number of primary amides is 1. The van der Waals surface area contributed by atoms with Crippen LogP contribution in [0.15, 0.2) is 47.4 Å². The summed E-state index contributed by atoms with van der Waals surface area (Å²) >= 11 is 0. The smallest absolute Gasteiger partial charge is 0.244 e. The van der Waals surface area contributed by atoms with Crippen molar-refractivity contribution in [2.24, 2.45) is 5.73 Å². The molecule has 24 heavy (non-hydrogen) atoms. The molecule has 0 aliphatic heterocycles. The van der Waals surface area contributed by atoms with E-state index >= 15 is 0 Å². The SMILES string of the molecule is Cc1cc(C)c(S(=O)(=O)N(CC(N)=O)Cc2ccccc2)c(C)c1. The number of rotatable bonds is 6. The maximum absolute atomic E-state index is 13.1. The van der Waals surface area contributed by atoms with Crippen LogP contribution in [0.25, 0.3) is 0 Å². The molecule has 0 bridgehead atoms. The van der Waals surface area contributed by atoms with E-state index in [1.807, 2.05) is 49.4 Å². The lowest BCUT2D eigenvalue weighted by Gasteiger charge is -2.23. The van der Waals surface area contributed by atoms with Crippen molar-refractivity contribution in [2.75, 3.05) is 6.54 Å². The van der Waals surface area contributed by atoms with Crippen molar-refractivity contribution in [2.45, 2.75) is 32.2 Å². The van der Waals surface area contributed by atoms with Gasteiger partial charge >= 0.3 is 0 Å². The second-order valence-electron chi connectivity index (χ2n) is 5.95. The first-order valence-electron chi connectivity index (χ1n) is 7.62. The first-order valence-corrected chi connectivity index (χ1v) is 9.06. The number of carbonyl (C=O) groups is 1. The minimum absolute atomic E-state index is 0.0961. The molecule has 0 spiro atoms. The normalized spacial score (nSPS) is 11.7. The first kappa shape index (κ1) is 18.2. The maximum Gasteiger partial charge on any atom is 0.244 e. The van der Waals surface area contributed by atoms with Gasteiger partial charge in [0.2, 0.25) is 15.9 Å². The predicted molar refractivity (Wildman–Crippen MR) is 93.9 cm³/mol. The summed E-state index contributed by atoms with van der Waals surface area (Å²) in [4.78, 5) is 11.7. The third kappa shape index (κ3) is 4.01. The number of benzene rings is 2. The van der Waals surface area contributed by atoms with Gasteiger partial charge in [-0.2, -0.15) is 4.31 Å². The molecule has 0 unspecified atom stereocenters. The molecular weight excluding hydrogens is 324 g/mol. The Morgan fingerprint density at radius 1 is 1.04 bits per heavy atom. The first-order chi connectivity index (χ1) is 11.2. The highest BCUT2D eigenvalue weighted by atomic mass is 32.2. The van der Waals surface area contributed by atoms with E-state index in [9.17, 15) is 13.2 Å². The molecule has 0 saturated carbocycles. The van der Waals surface area contributed by atoms with Gasteiger partial charge < -0.3 is 5.73 Å². The monoisotopic (exact) mass is 346 g/mol. The third-order valence-electron chi connectivity index (χ3n) is 3.74. The third-order valence-corrected chi connectivity index (χ3v) is 5.83. The van der Waals surface area contributed by atoms with Gasteiger partial charge in [-0.3, -0.25) is 4.79 Å². The number of carbonyl (C=O) groups excluding carboxylic acids is 1. The Morgan fingerprint density at radius 3 is 2.08 bits per heavy atom. The summed E-state index contributed by atoms with van der Waals surface area (Å²) in [7, 11) is -3.84. The molecule has 0 fully saturated rings. The Kier molecular flexibility index (Phi) is 5.41. The van der Waals surface area contributed by atoms with Crippen LogP contribution in [0.3, 0.4) is 0 Å². The fourth-order valence-corrected chi connectivity index (χ4v) is 4.70. The number of nitrogens with two attached hydrogens (primary N) is 1. The van der Waals surface area contributed by atoms with Crippen LogP contribution < -0.4 is 5.73 Å². The number of hydrogen-bond acceptors (Lipinski definition) is 3. The molecule has 0 aromatic heterocycles. The average molecular weight is 346 g/mol. The molecule has 0 saturated heterocycles. The predicted octanol–water partition coefficient (Wildman–Crippen LogP) is 2.29. The van der Waals surface area contributed by atoms with Gasteiger partial charge in [0.15, 0.2) is 0 Å². The second-order valence-corrected chi connectivity index (χ2v) is 7.83. The van der Waals surface area contributed by atoms with Crippen LogP contribution >= 0.6 is 0 Å². The molecule has 5 nitrogen and oxygen atoms in total. The van der Waals surface area contributed by atoms with E-state index < -0.39 is 15.9 Å². The minimum Gasteiger partial charge on any atom is -0.369 e. The van der Waals surface area contributed by atoms with E-state index in [2.05, 4.69) is 0 Å². The number of nitrogens with zero attached hydrogens (tertiary/aromatic N) is 1. The summed E-state index contributed by atoms with van der Waals surface area (Å²) in [5.74, 6) is -0.683. The zero-order valence-corrected chi connectivity index (χ0v) is 14.9. The largest absolute Gasteiger partial charge is 0.369 e. The topological polar surface area (TPSA) is 80.5 Å². The highest BCUT2D eigenvalue weighted by molar-refractivity contribution is 7.89. The molecule has 0 aliphatic carbocycles. The van der Waals surface area contributed by atoms with E-state index in [0.717, 1.165) is 15.4 Å². The lowest BCUT2D eigenvalue weighted by atomic mass is 10.1. The van der Waals surface area contributed by atoms with Crippen LogP contribution in [0, 0.1) is 20.8 Å². The van der Waals surface area contributed by atoms with E-state index in [1.165, 1.54) is 0 Å². The Balaban J connectivity index is 2.50. The van der Waals surface area contributed by atoms with Crippen molar-refractivity contribution in [3.05, 3.63) is 64.7 Å². The summed E-state index contributed by atoms with van der Waals surface area (Å²) in [6, 6.07) is 12.8. The van der Waals surface area contributed by atoms with E-state index in [1.54, 1.807) is 13.8 Å². The molecule has 0 atom stereocenters. The zero-order valence-electron chi connectivity index (χ0n) is 14.1. The van der Waals surface area contributed by atoms with Crippen molar-refractivity contribution in [3.63, 3.8) is 0 Å². The summed E-state index contributed by atoms with van der Waals surface area (Å²) in [5.41, 5.74) is 8.39. The molecule has 0 radical (unpaired) electrons. The molecule has 128 valence electrons. The van der Waals surface area contributed by atoms with Crippen LogP contribution in [-0.4, -0.2) is 25.2 Å². The van der Waals surface area contributed by atoms with Crippen LogP contribution in [0.5, 0.6) is 0 Å². The van der Waals surface area contributed by atoms with Gasteiger partial charge in [0, 0.05) is 6.54 Å². The molecule has 2 aromatic rings. The number of hydrogen-bond donors (Lipinski definition) is 1. The van der Waals surface area contributed by atoms with Crippen molar-refractivity contribution in [1.29, 1.82) is 0 Å². The van der Waals surface area contributed by atoms with Gasteiger partial charge in [0.1, 0.15) is 0 Å². The molecule has 2 aromatic carbocycles. The number of amides is 1. The van der Waals surface area contributed by atoms with Gasteiger partial charge in [-0.15, -0.1) is 0 Å². The lowest BCUT2D eigenvalue weighted by Crippen LogP contribution is -2.38. The van der Waals surface area contributed by atoms with Gasteiger partial charge in [0.05, 0.1) is 11.4 Å². The van der Waals surface area contributed by atoms with Crippen molar-refractivity contribution in [3.8, 4) is 0 Å². The summed E-state index contributed by atoms with van der Waals surface area (Å²) in [5, 5.41) is 0. The Bertz CT molecular complexity index is 823. The molecule has 1 amide bonds. The van der Waals surface area contributed by atoms with Gasteiger partial charge in [-0.05, 0) is 37.5 Å². The maximum atomic E-state index is 13.1. The van der Waals surface area contributed by atoms with Gasteiger partial charge in [0.25, 0.3) is 0 Å². The molecule has 0 aliphatic rings. The fourth-order valence-electron chi connectivity index (χ4n) is 2.89. The van der Waals surface area contributed by atoms with Crippen molar-refractivity contribution < 1.29 is 13.2 Å². The second kappa shape index (κ2) is 7.15. The Labute approximate surface area is 143 Å². The minimum atomic E-state index is -3.84. The quantitative estimate of drug-likeness (QED) is 0.871. The summed E-state index contributed by atoms with van der Waals surface area (Å²) < 4.78 is 27.4. The van der Waals surface area contributed by atoms with Gasteiger partial charge in [-0.25, -0.2) is 8.42 Å². The highest BCUT2D eigenvalue weighted by Gasteiger charge is 2.29. The van der Waals surface area contributed by atoms with Crippen molar-refractivity contribution >= 4 is 15.9 Å².